The third kappa shape index (κ3) is 13.9. The molecule has 0 aromatic heterocycles. The van der Waals surface area contributed by atoms with Crippen LogP contribution in [0.25, 0.3) is 0 Å². The van der Waals surface area contributed by atoms with E-state index in [9.17, 15) is 4.79 Å². The first-order valence-corrected chi connectivity index (χ1v) is 8.59. The zero-order valence-electron chi connectivity index (χ0n) is 13.4. The fraction of sp³-hybridized carbons (Fsp3) is 0.941. The molecule has 0 heterocycles. The standard InChI is InChI=1S/C17H35NO2/c1-2-3-4-5-6-7-8-9-10-11-12-13-16(15-19)14-17(18)20/h16,19H,2-15H2,1H3,(H2,18,20)/t16-/m0/s1. The van der Waals surface area contributed by atoms with Crippen molar-refractivity contribution in [1.29, 1.82) is 0 Å². The monoisotopic (exact) mass is 285 g/mol. The number of nitrogens with two attached hydrogens (primary N) is 1. The third-order valence-corrected chi connectivity index (χ3v) is 3.96. The molecule has 1 amide bonds. The summed E-state index contributed by atoms with van der Waals surface area (Å²) >= 11 is 0. The minimum atomic E-state index is -0.299. The maximum Gasteiger partial charge on any atom is 0.217 e. The molecule has 0 fully saturated rings. The van der Waals surface area contributed by atoms with E-state index in [1.165, 1.54) is 64.2 Å². The predicted octanol–water partition coefficient (Wildman–Crippen LogP) is 4.17. The van der Waals surface area contributed by atoms with E-state index in [4.69, 9.17) is 10.8 Å². The van der Waals surface area contributed by atoms with Crippen LogP contribution >= 0.6 is 0 Å². The number of rotatable bonds is 15. The zero-order chi connectivity index (χ0) is 15.1. The van der Waals surface area contributed by atoms with Gasteiger partial charge >= 0.3 is 0 Å². The summed E-state index contributed by atoms with van der Waals surface area (Å²) in [5, 5.41) is 9.13. The van der Waals surface area contributed by atoms with Crippen LogP contribution in [-0.2, 0) is 4.79 Å². The van der Waals surface area contributed by atoms with Gasteiger partial charge in [-0.05, 0) is 12.3 Å². The van der Waals surface area contributed by atoms with Gasteiger partial charge in [0.25, 0.3) is 0 Å². The Morgan fingerprint density at radius 3 is 1.75 bits per heavy atom. The smallest absolute Gasteiger partial charge is 0.217 e. The minimum Gasteiger partial charge on any atom is -0.396 e. The fourth-order valence-corrected chi connectivity index (χ4v) is 2.64. The number of hydrogen-bond donors (Lipinski definition) is 2. The van der Waals surface area contributed by atoms with Crippen molar-refractivity contribution in [2.75, 3.05) is 6.61 Å². The van der Waals surface area contributed by atoms with E-state index in [0.29, 0.717) is 6.42 Å². The summed E-state index contributed by atoms with van der Waals surface area (Å²) in [6.07, 6.45) is 15.8. The normalized spacial score (nSPS) is 12.5. The highest BCUT2D eigenvalue weighted by molar-refractivity contribution is 5.73. The van der Waals surface area contributed by atoms with E-state index >= 15 is 0 Å². The Morgan fingerprint density at radius 1 is 0.900 bits per heavy atom. The molecule has 0 aliphatic heterocycles. The maximum absolute atomic E-state index is 10.8. The Hall–Kier alpha value is -0.570. The van der Waals surface area contributed by atoms with Crippen molar-refractivity contribution in [2.45, 2.75) is 90.4 Å². The molecule has 0 aliphatic carbocycles. The van der Waals surface area contributed by atoms with Gasteiger partial charge in [-0.2, -0.15) is 0 Å². The molecule has 3 heteroatoms. The van der Waals surface area contributed by atoms with Gasteiger partial charge in [0, 0.05) is 13.0 Å². The summed E-state index contributed by atoms with van der Waals surface area (Å²) in [6.45, 7) is 2.34. The third-order valence-electron chi connectivity index (χ3n) is 3.96. The molecule has 3 nitrogen and oxygen atoms in total. The van der Waals surface area contributed by atoms with Gasteiger partial charge in [0.15, 0.2) is 0 Å². The van der Waals surface area contributed by atoms with Gasteiger partial charge in [-0.3, -0.25) is 4.79 Å². The van der Waals surface area contributed by atoms with E-state index in [1.807, 2.05) is 0 Å². The average molecular weight is 285 g/mol. The summed E-state index contributed by atoms with van der Waals surface area (Å²) in [7, 11) is 0. The van der Waals surface area contributed by atoms with E-state index in [0.717, 1.165) is 12.8 Å². The van der Waals surface area contributed by atoms with Crippen molar-refractivity contribution in [1.82, 2.24) is 0 Å². The van der Waals surface area contributed by atoms with Crippen LogP contribution in [0.15, 0.2) is 0 Å². The molecular formula is C17H35NO2. The first-order valence-electron chi connectivity index (χ1n) is 8.59. The van der Waals surface area contributed by atoms with Crippen LogP contribution in [0.2, 0.25) is 0 Å². The van der Waals surface area contributed by atoms with Crippen LogP contribution in [0.5, 0.6) is 0 Å². The lowest BCUT2D eigenvalue weighted by Crippen LogP contribution is -2.18. The van der Waals surface area contributed by atoms with E-state index in [1.54, 1.807) is 0 Å². The molecule has 0 saturated carbocycles. The quantitative estimate of drug-likeness (QED) is 0.443. The SMILES string of the molecule is CCCCCCCCCCCCC[C@H](CO)CC(N)=O. The van der Waals surface area contributed by atoms with Crippen molar-refractivity contribution in [3.63, 3.8) is 0 Å². The highest BCUT2D eigenvalue weighted by Gasteiger charge is 2.09. The van der Waals surface area contributed by atoms with Gasteiger partial charge in [-0.15, -0.1) is 0 Å². The van der Waals surface area contributed by atoms with Crippen LogP contribution in [0.4, 0.5) is 0 Å². The lowest BCUT2D eigenvalue weighted by Gasteiger charge is -2.11. The van der Waals surface area contributed by atoms with Gasteiger partial charge in [0.1, 0.15) is 0 Å². The fourth-order valence-electron chi connectivity index (χ4n) is 2.64. The van der Waals surface area contributed by atoms with Crippen molar-refractivity contribution in [2.24, 2.45) is 11.7 Å². The minimum absolute atomic E-state index is 0.0751. The van der Waals surface area contributed by atoms with Gasteiger partial charge in [0.2, 0.25) is 5.91 Å². The van der Waals surface area contributed by atoms with Gasteiger partial charge in [0.05, 0.1) is 0 Å². The topological polar surface area (TPSA) is 63.3 Å². The average Bonchev–Trinajstić information content (AvgIpc) is 2.43. The highest BCUT2D eigenvalue weighted by atomic mass is 16.3. The van der Waals surface area contributed by atoms with Crippen LogP contribution in [0.3, 0.4) is 0 Å². The molecule has 0 bridgehead atoms. The Kier molecular flexibility index (Phi) is 14.4. The van der Waals surface area contributed by atoms with Crippen LogP contribution < -0.4 is 5.73 Å². The van der Waals surface area contributed by atoms with Gasteiger partial charge in [-0.25, -0.2) is 0 Å². The van der Waals surface area contributed by atoms with E-state index in [2.05, 4.69) is 6.92 Å². The van der Waals surface area contributed by atoms with Crippen molar-refractivity contribution < 1.29 is 9.90 Å². The predicted molar refractivity (Wildman–Crippen MR) is 85.5 cm³/mol. The number of amides is 1. The molecule has 3 N–H and O–H groups in total. The Balaban J connectivity index is 3.21. The Morgan fingerprint density at radius 2 is 1.35 bits per heavy atom. The van der Waals surface area contributed by atoms with Gasteiger partial charge < -0.3 is 10.8 Å². The lowest BCUT2D eigenvalue weighted by molar-refractivity contribution is -0.119. The molecule has 0 rings (SSSR count). The summed E-state index contributed by atoms with van der Waals surface area (Å²) in [4.78, 5) is 10.8. The molecule has 0 aliphatic rings. The second-order valence-electron chi connectivity index (χ2n) is 6.04. The van der Waals surface area contributed by atoms with E-state index < -0.39 is 0 Å². The van der Waals surface area contributed by atoms with Crippen LogP contribution in [0.1, 0.15) is 90.4 Å². The molecule has 20 heavy (non-hydrogen) atoms. The molecular weight excluding hydrogens is 250 g/mol. The van der Waals surface area contributed by atoms with E-state index in [-0.39, 0.29) is 18.4 Å². The first-order chi connectivity index (χ1) is 9.70. The number of primary amides is 1. The number of aliphatic hydroxyl groups is 1. The Labute approximate surface area is 125 Å². The number of unbranched alkanes of at least 4 members (excludes halogenated alkanes) is 10. The molecule has 0 saturated heterocycles. The second kappa shape index (κ2) is 14.8. The molecule has 0 radical (unpaired) electrons. The number of carbonyl (C=O) groups is 1. The molecule has 1 atom stereocenters. The highest BCUT2D eigenvalue weighted by Crippen LogP contribution is 2.15. The van der Waals surface area contributed by atoms with Crippen LogP contribution in [-0.4, -0.2) is 17.6 Å². The largest absolute Gasteiger partial charge is 0.396 e. The number of aliphatic hydroxyl groups excluding tert-OH is 1. The second-order valence-corrected chi connectivity index (χ2v) is 6.04. The molecule has 0 unspecified atom stereocenters. The van der Waals surface area contributed by atoms with Crippen LogP contribution in [0, 0.1) is 5.92 Å². The summed E-state index contributed by atoms with van der Waals surface area (Å²) < 4.78 is 0. The number of carbonyl (C=O) groups excluding carboxylic acids is 1. The summed E-state index contributed by atoms with van der Waals surface area (Å²) in [5.74, 6) is -0.224. The summed E-state index contributed by atoms with van der Waals surface area (Å²) in [5.41, 5.74) is 5.15. The first kappa shape index (κ1) is 19.4. The van der Waals surface area contributed by atoms with Gasteiger partial charge in [-0.1, -0.05) is 77.6 Å². The molecule has 0 aromatic carbocycles. The molecule has 0 aromatic rings. The number of hydrogen-bond acceptors (Lipinski definition) is 2. The van der Waals surface area contributed by atoms with Crippen molar-refractivity contribution in [3.05, 3.63) is 0 Å². The summed E-state index contributed by atoms with van der Waals surface area (Å²) in [6, 6.07) is 0. The maximum atomic E-state index is 10.8. The van der Waals surface area contributed by atoms with Crippen molar-refractivity contribution in [3.8, 4) is 0 Å². The Bertz CT molecular complexity index is 219. The van der Waals surface area contributed by atoms with Crippen molar-refractivity contribution >= 4 is 5.91 Å². The zero-order valence-corrected chi connectivity index (χ0v) is 13.4. The lowest BCUT2D eigenvalue weighted by atomic mass is 9.97. The molecule has 0 spiro atoms. The molecule has 120 valence electrons.